The molecule has 4 aromatic rings. The van der Waals surface area contributed by atoms with Crippen LogP contribution in [-0.4, -0.2) is 39.5 Å². The fourth-order valence-corrected chi connectivity index (χ4v) is 5.32. The Hall–Kier alpha value is -3.49. The quantitative estimate of drug-likeness (QED) is 0.403. The van der Waals surface area contributed by atoms with E-state index in [9.17, 15) is 14.4 Å². The Labute approximate surface area is 204 Å². The molecule has 5 rings (SSSR count). The molecule has 1 atom stereocenters. The molecule has 1 unspecified atom stereocenters. The van der Waals surface area contributed by atoms with Crippen LogP contribution in [0.4, 0.5) is 0 Å². The fraction of sp³-hybridized carbons (Fsp3) is 0.200. The summed E-state index contributed by atoms with van der Waals surface area (Å²) >= 11 is 7.37. The molecule has 0 N–H and O–H groups in total. The average molecular weight is 494 g/mol. The van der Waals surface area contributed by atoms with Gasteiger partial charge in [0.25, 0.3) is 5.56 Å². The monoisotopic (exact) mass is 493 g/mol. The van der Waals surface area contributed by atoms with Gasteiger partial charge in [-0.25, -0.2) is 9.78 Å². The number of thiophene rings is 1. The average Bonchev–Trinajstić information content (AvgIpc) is 3.29. The van der Waals surface area contributed by atoms with E-state index in [2.05, 4.69) is 4.98 Å². The number of methoxy groups -OCH3 is 1. The van der Waals surface area contributed by atoms with E-state index in [-0.39, 0.29) is 24.6 Å². The Morgan fingerprint density at radius 2 is 1.88 bits per heavy atom. The van der Waals surface area contributed by atoms with E-state index >= 15 is 0 Å². The summed E-state index contributed by atoms with van der Waals surface area (Å²) in [5, 5.41) is 2.94. The maximum absolute atomic E-state index is 13.4. The number of amides is 1. The minimum Gasteiger partial charge on any atom is -0.467 e. The number of halogens is 1. The van der Waals surface area contributed by atoms with Crippen molar-refractivity contribution in [3.63, 3.8) is 0 Å². The molecule has 1 aliphatic rings. The van der Waals surface area contributed by atoms with Crippen LogP contribution in [0.15, 0.2) is 65.0 Å². The zero-order valence-electron chi connectivity index (χ0n) is 18.2. The number of nitrogens with zero attached hydrogens (tertiary/aromatic N) is 3. The normalized spacial score (nSPS) is 15.2. The van der Waals surface area contributed by atoms with E-state index < -0.39 is 12.0 Å². The molecule has 0 aliphatic carbocycles. The van der Waals surface area contributed by atoms with Crippen molar-refractivity contribution in [3.05, 3.63) is 86.7 Å². The molecule has 0 bridgehead atoms. The minimum absolute atomic E-state index is 0.229. The second-order valence-corrected chi connectivity index (χ2v) is 9.34. The third-order valence-corrected chi connectivity index (χ3v) is 7.20. The van der Waals surface area contributed by atoms with Gasteiger partial charge in [0.2, 0.25) is 5.91 Å². The lowest BCUT2D eigenvalue weighted by molar-refractivity contribution is -0.154. The lowest BCUT2D eigenvalue weighted by Gasteiger charge is -2.35. The molecule has 9 heteroatoms. The molecular formula is C25H20ClN3O4S. The summed E-state index contributed by atoms with van der Waals surface area (Å²) in [5.74, 6) is -0.830. The number of carbonyl (C=O) groups excluding carboxylic acids is 2. The van der Waals surface area contributed by atoms with Gasteiger partial charge in [-0.2, -0.15) is 0 Å². The highest BCUT2D eigenvalue weighted by Crippen LogP contribution is 2.31. The Morgan fingerprint density at radius 1 is 1.15 bits per heavy atom. The van der Waals surface area contributed by atoms with Crippen molar-refractivity contribution >= 4 is 45.0 Å². The number of hydrogen-bond acceptors (Lipinski definition) is 6. The highest BCUT2D eigenvalue weighted by molar-refractivity contribution is 7.17. The van der Waals surface area contributed by atoms with E-state index in [0.29, 0.717) is 21.7 Å². The Bertz CT molecular complexity index is 1460. The summed E-state index contributed by atoms with van der Waals surface area (Å²) in [5.41, 5.74) is 3.26. The lowest BCUT2D eigenvalue weighted by Crippen LogP contribution is -2.50. The third kappa shape index (κ3) is 3.99. The van der Waals surface area contributed by atoms with Crippen LogP contribution in [0.1, 0.15) is 11.1 Å². The van der Waals surface area contributed by atoms with Gasteiger partial charge in [0.1, 0.15) is 17.4 Å². The predicted molar refractivity (Wildman–Crippen MR) is 131 cm³/mol. The molecular weight excluding hydrogens is 474 g/mol. The molecule has 1 aliphatic heterocycles. The summed E-state index contributed by atoms with van der Waals surface area (Å²) in [6.07, 6.45) is 1.75. The lowest BCUT2D eigenvalue weighted by atomic mass is 9.94. The SMILES string of the molecule is COC(=O)C1Cc2ccccc2CN1C(=O)Cn1cnc2scc(-c3ccc(Cl)cc3)c2c1=O. The highest BCUT2D eigenvalue weighted by atomic mass is 35.5. The topological polar surface area (TPSA) is 81.5 Å². The number of ether oxygens (including phenoxy) is 1. The van der Waals surface area contributed by atoms with Gasteiger partial charge in [-0.15, -0.1) is 11.3 Å². The molecule has 3 heterocycles. The zero-order chi connectivity index (χ0) is 23.8. The first-order valence-corrected chi connectivity index (χ1v) is 11.9. The first kappa shape index (κ1) is 22.3. The number of benzene rings is 2. The van der Waals surface area contributed by atoms with Crippen molar-refractivity contribution in [2.75, 3.05) is 7.11 Å². The van der Waals surface area contributed by atoms with Crippen molar-refractivity contribution in [3.8, 4) is 11.1 Å². The van der Waals surface area contributed by atoms with E-state index in [1.807, 2.05) is 41.8 Å². The minimum atomic E-state index is -0.745. The van der Waals surface area contributed by atoms with Gasteiger partial charge < -0.3 is 9.64 Å². The largest absolute Gasteiger partial charge is 0.467 e. The molecule has 0 saturated heterocycles. The van der Waals surface area contributed by atoms with Gasteiger partial charge in [-0.1, -0.05) is 48.0 Å². The molecule has 2 aromatic heterocycles. The van der Waals surface area contributed by atoms with Crippen LogP contribution >= 0.6 is 22.9 Å². The summed E-state index contributed by atoms with van der Waals surface area (Å²) in [7, 11) is 1.31. The fourth-order valence-electron chi connectivity index (χ4n) is 4.29. The summed E-state index contributed by atoms with van der Waals surface area (Å²) < 4.78 is 6.25. The number of rotatable bonds is 4. The first-order chi connectivity index (χ1) is 16.5. The van der Waals surface area contributed by atoms with Gasteiger partial charge in [-0.3, -0.25) is 14.2 Å². The second-order valence-electron chi connectivity index (χ2n) is 8.05. The first-order valence-electron chi connectivity index (χ1n) is 10.6. The summed E-state index contributed by atoms with van der Waals surface area (Å²) in [6.45, 7) is 0.0427. The molecule has 7 nitrogen and oxygen atoms in total. The summed E-state index contributed by atoms with van der Waals surface area (Å²) in [4.78, 5) is 45.7. The number of carbonyl (C=O) groups is 2. The Morgan fingerprint density at radius 3 is 2.62 bits per heavy atom. The van der Waals surface area contributed by atoms with Gasteiger partial charge >= 0.3 is 5.97 Å². The molecule has 0 fully saturated rings. The predicted octanol–water partition coefficient (Wildman–Crippen LogP) is 3.90. The molecule has 2 aromatic carbocycles. The number of hydrogen-bond donors (Lipinski definition) is 0. The van der Waals surface area contributed by atoms with Gasteiger partial charge in [-0.05, 0) is 28.8 Å². The van der Waals surface area contributed by atoms with Crippen molar-refractivity contribution < 1.29 is 14.3 Å². The van der Waals surface area contributed by atoms with Crippen LogP contribution in [0.25, 0.3) is 21.3 Å². The molecule has 0 radical (unpaired) electrons. The molecule has 34 heavy (non-hydrogen) atoms. The maximum atomic E-state index is 13.4. The molecule has 0 saturated carbocycles. The van der Waals surface area contributed by atoms with Crippen molar-refractivity contribution in [2.45, 2.75) is 25.6 Å². The van der Waals surface area contributed by atoms with Crippen molar-refractivity contribution in [1.82, 2.24) is 14.5 Å². The Kier molecular flexibility index (Phi) is 5.93. The number of aromatic nitrogens is 2. The van der Waals surface area contributed by atoms with E-state index in [0.717, 1.165) is 22.3 Å². The van der Waals surface area contributed by atoms with Crippen LogP contribution in [0.3, 0.4) is 0 Å². The van der Waals surface area contributed by atoms with Crippen LogP contribution in [-0.2, 0) is 33.8 Å². The highest BCUT2D eigenvalue weighted by Gasteiger charge is 2.35. The second kappa shape index (κ2) is 9.04. The van der Waals surface area contributed by atoms with Crippen molar-refractivity contribution in [1.29, 1.82) is 0 Å². The molecule has 172 valence electrons. The number of esters is 1. The van der Waals surface area contributed by atoms with Gasteiger partial charge in [0.15, 0.2) is 0 Å². The van der Waals surface area contributed by atoms with Gasteiger partial charge in [0, 0.05) is 28.9 Å². The van der Waals surface area contributed by atoms with Crippen LogP contribution in [0, 0.1) is 0 Å². The van der Waals surface area contributed by atoms with Crippen molar-refractivity contribution in [2.24, 2.45) is 0 Å². The van der Waals surface area contributed by atoms with Crippen LogP contribution in [0.2, 0.25) is 5.02 Å². The van der Waals surface area contributed by atoms with Crippen LogP contribution < -0.4 is 5.56 Å². The smallest absolute Gasteiger partial charge is 0.328 e. The molecule has 1 amide bonds. The number of fused-ring (bicyclic) bond motifs is 2. The van der Waals surface area contributed by atoms with Gasteiger partial charge in [0.05, 0.1) is 18.8 Å². The van der Waals surface area contributed by atoms with E-state index in [1.54, 1.807) is 12.1 Å². The van der Waals surface area contributed by atoms with Crippen LogP contribution in [0.5, 0.6) is 0 Å². The molecule has 0 spiro atoms. The Balaban J connectivity index is 1.49. The van der Waals surface area contributed by atoms with E-state index in [4.69, 9.17) is 16.3 Å². The zero-order valence-corrected chi connectivity index (χ0v) is 19.8. The maximum Gasteiger partial charge on any atom is 0.328 e. The standard InChI is InChI=1S/C25H20ClN3O4S/c1-33-25(32)20-10-16-4-2-3-5-17(16)11-29(20)21(30)12-28-14-27-23-22(24(28)31)19(13-34-23)15-6-8-18(26)9-7-15/h2-9,13-14,20H,10-12H2,1H3. The third-order valence-electron chi connectivity index (χ3n) is 6.06. The van der Waals surface area contributed by atoms with E-state index in [1.165, 1.54) is 34.2 Å². The summed E-state index contributed by atoms with van der Waals surface area (Å²) in [6, 6.07) is 14.2.